The second-order valence-electron chi connectivity index (χ2n) is 6.42. The number of piperidine rings is 1. The van der Waals surface area contributed by atoms with Crippen molar-refractivity contribution in [1.29, 1.82) is 0 Å². The Hall–Kier alpha value is -1.40. The molecule has 0 spiro atoms. The largest absolute Gasteiger partial charge is 0.342 e. The highest BCUT2D eigenvalue weighted by Crippen LogP contribution is 2.18. The van der Waals surface area contributed by atoms with Crippen LogP contribution in [-0.2, 0) is 4.79 Å². The Morgan fingerprint density at radius 1 is 0.957 bits per heavy atom. The molecule has 2 fully saturated rings. The summed E-state index contributed by atoms with van der Waals surface area (Å²) in [5.74, 6) is 0.378. The van der Waals surface area contributed by atoms with Crippen LogP contribution in [0.3, 0.4) is 0 Å². The molecule has 0 aliphatic carbocycles. The van der Waals surface area contributed by atoms with Crippen LogP contribution in [0.1, 0.15) is 33.8 Å². The van der Waals surface area contributed by atoms with E-state index in [2.05, 4.69) is 4.90 Å². The maximum atomic E-state index is 12.4. The van der Waals surface area contributed by atoms with Gasteiger partial charge in [0.05, 0.1) is 11.4 Å². The molecule has 0 radical (unpaired) electrons. The van der Waals surface area contributed by atoms with Gasteiger partial charge in [0.25, 0.3) is 5.91 Å². The van der Waals surface area contributed by atoms with E-state index in [-0.39, 0.29) is 11.8 Å². The summed E-state index contributed by atoms with van der Waals surface area (Å²) in [4.78, 5) is 32.8. The molecule has 5 nitrogen and oxygen atoms in total. The fourth-order valence-corrected chi connectivity index (χ4v) is 4.08. The van der Waals surface area contributed by atoms with Gasteiger partial charge in [-0.3, -0.25) is 14.5 Å². The summed E-state index contributed by atoms with van der Waals surface area (Å²) < 4.78 is 0. The van der Waals surface area contributed by atoms with Gasteiger partial charge in [0.1, 0.15) is 0 Å². The predicted molar refractivity (Wildman–Crippen MR) is 91.8 cm³/mol. The summed E-state index contributed by atoms with van der Waals surface area (Å²) in [6.07, 6.45) is 3.51. The van der Waals surface area contributed by atoms with Crippen LogP contribution in [0.25, 0.3) is 0 Å². The minimum atomic E-state index is 0.130. The third kappa shape index (κ3) is 4.12. The van der Waals surface area contributed by atoms with Gasteiger partial charge < -0.3 is 9.80 Å². The number of carbonyl (C=O) groups is 2. The number of aryl methyl sites for hydroxylation is 1. The van der Waals surface area contributed by atoms with Crippen molar-refractivity contribution in [2.24, 2.45) is 0 Å². The van der Waals surface area contributed by atoms with Crippen molar-refractivity contribution in [2.75, 3.05) is 45.8 Å². The first-order chi connectivity index (χ1) is 11.1. The molecule has 2 saturated heterocycles. The zero-order valence-electron chi connectivity index (χ0n) is 13.8. The van der Waals surface area contributed by atoms with E-state index >= 15 is 0 Å². The number of carbonyl (C=O) groups excluding carboxylic acids is 2. The summed E-state index contributed by atoms with van der Waals surface area (Å²) >= 11 is 1.55. The monoisotopic (exact) mass is 335 g/mol. The van der Waals surface area contributed by atoms with Crippen LogP contribution in [0.15, 0.2) is 12.1 Å². The average Bonchev–Trinajstić information content (AvgIpc) is 3.02. The van der Waals surface area contributed by atoms with Crippen molar-refractivity contribution in [3.8, 4) is 0 Å². The lowest BCUT2D eigenvalue weighted by atomic mass is 10.1. The van der Waals surface area contributed by atoms with Gasteiger partial charge in [-0.15, -0.1) is 11.3 Å². The molecule has 2 aliphatic heterocycles. The highest BCUT2D eigenvalue weighted by Gasteiger charge is 2.25. The van der Waals surface area contributed by atoms with Crippen molar-refractivity contribution in [3.63, 3.8) is 0 Å². The molecular weight excluding hydrogens is 310 g/mol. The van der Waals surface area contributed by atoms with Crippen molar-refractivity contribution >= 4 is 23.2 Å². The van der Waals surface area contributed by atoms with E-state index in [1.807, 2.05) is 28.9 Å². The molecule has 3 heterocycles. The highest BCUT2D eigenvalue weighted by atomic mass is 32.1. The molecule has 0 bridgehead atoms. The molecule has 0 saturated carbocycles. The smallest absolute Gasteiger partial charge is 0.264 e. The van der Waals surface area contributed by atoms with Crippen LogP contribution in [0.4, 0.5) is 0 Å². The van der Waals surface area contributed by atoms with Gasteiger partial charge >= 0.3 is 0 Å². The van der Waals surface area contributed by atoms with Gasteiger partial charge in [-0.25, -0.2) is 0 Å². The molecule has 0 atom stereocenters. The molecule has 126 valence electrons. The number of piperazine rings is 1. The van der Waals surface area contributed by atoms with E-state index in [0.717, 1.165) is 43.9 Å². The number of likely N-dealkylation sites (tertiary alicyclic amines) is 1. The number of thiophene rings is 1. The van der Waals surface area contributed by atoms with Crippen molar-refractivity contribution in [3.05, 3.63) is 21.9 Å². The Bertz CT molecular complexity index is 558. The molecule has 1 aromatic heterocycles. The third-order valence-corrected chi connectivity index (χ3v) is 5.67. The Labute approximate surface area is 141 Å². The van der Waals surface area contributed by atoms with Gasteiger partial charge in [0.2, 0.25) is 5.91 Å². The molecule has 2 amide bonds. The molecule has 0 unspecified atom stereocenters. The highest BCUT2D eigenvalue weighted by molar-refractivity contribution is 7.13. The van der Waals surface area contributed by atoms with E-state index < -0.39 is 0 Å². The van der Waals surface area contributed by atoms with Gasteiger partial charge in [-0.05, 0) is 38.3 Å². The van der Waals surface area contributed by atoms with Crippen LogP contribution in [-0.4, -0.2) is 72.3 Å². The quantitative estimate of drug-likeness (QED) is 0.846. The fourth-order valence-electron chi connectivity index (χ4n) is 3.25. The van der Waals surface area contributed by atoms with Gasteiger partial charge in [0.15, 0.2) is 0 Å². The van der Waals surface area contributed by atoms with Crippen molar-refractivity contribution in [1.82, 2.24) is 14.7 Å². The first kappa shape index (κ1) is 16.5. The minimum Gasteiger partial charge on any atom is -0.342 e. The van der Waals surface area contributed by atoms with Crippen LogP contribution in [0.5, 0.6) is 0 Å². The molecular formula is C17H25N3O2S. The average molecular weight is 335 g/mol. The van der Waals surface area contributed by atoms with Crippen LogP contribution in [0, 0.1) is 6.92 Å². The van der Waals surface area contributed by atoms with E-state index in [1.54, 1.807) is 11.3 Å². The second-order valence-corrected chi connectivity index (χ2v) is 7.71. The first-order valence-corrected chi connectivity index (χ1v) is 9.31. The summed E-state index contributed by atoms with van der Waals surface area (Å²) in [7, 11) is 0. The number of rotatable bonds is 3. The van der Waals surface area contributed by atoms with Crippen LogP contribution in [0.2, 0.25) is 0 Å². The number of nitrogens with zero attached hydrogens (tertiary/aromatic N) is 3. The van der Waals surface area contributed by atoms with Crippen LogP contribution >= 0.6 is 11.3 Å². The molecule has 6 heteroatoms. The van der Waals surface area contributed by atoms with Gasteiger partial charge in [-0.1, -0.05) is 0 Å². The molecule has 0 N–H and O–H groups in total. The maximum absolute atomic E-state index is 12.4. The summed E-state index contributed by atoms with van der Waals surface area (Å²) in [5.41, 5.74) is 0. The standard InChI is InChI=1S/C17H25N3O2S/c1-14-5-6-15(23-14)17(22)20-11-9-18(10-12-20)13-16(21)19-7-3-2-4-8-19/h5-6H,2-4,7-13H2,1H3. The molecule has 2 aliphatic rings. The summed E-state index contributed by atoms with van der Waals surface area (Å²) in [6.45, 7) is 7.34. The molecule has 1 aromatic rings. The lowest BCUT2D eigenvalue weighted by Crippen LogP contribution is -2.51. The fraction of sp³-hybridized carbons (Fsp3) is 0.647. The number of amides is 2. The van der Waals surface area contributed by atoms with Crippen LogP contribution < -0.4 is 0 Å². The lowest BCUT2D eigenvalue weighted by Gasteiger charge is -2.35. The molecule has 3 rings (SSSR count). The summed E-state index contributed by atoms with van der Waals surface area (Å²) in [6, 6.07) is 3.90. The topological polar surface area (TPSA) is 43.9 Å². The van der Waals surface area contributed by atoms with E-state index in [1.165, 1.54) is 11.3 Å². The van der Waals surface area contributed by atoms with E-state index in [0.29, 0.717) is 19.6 Å². The van der Waals surface area contributed by atoms with Crippen molar-refractivity contribution < 1.29 is 9.59 Å². The summed E-state index contributed by atoms with van der Waals surface area (Å²) in [5, 5.41) is 0. The Morgan fingerprint density at radius 3 is 2.26 bits per heavy atom. The number of hydrogen-bond acceptors (Lipinski definition) is 4. The first-order valence-electron chi connectivity index (χ1n) is 8.49. The van der Waals surface area contributed by atoms with Gasteiger partial charge in [0, 0.05) is 44.1 Å². The molecule has 0 aromatic carbocycles. The maximum Gasteiger partial charge on any atom is 0.264 e. The predicted octanol–water partition coefficient (Wildman–Crippen LogP) is 1.83. The SMILES string of the molecule is Cc1ccc(C(=O)N2CCN(CC(=O)N3CCCCC3)CC2)s1. The van der Waals surface area contributed by atoms with E-state index in [4.69, 9.17) is 0 Å². The second kappa shape index (κ2) is 7.45. The Kier molecular flexibility index (Phi) is 5.33. The van der Waals surface area contributed by atoms with Gasteiger partial charge in [-0.2, -0.15) is 0 Å². The Balaban J connectivity index is 1.46. The van der Waals surface area contributed by atoms with E-state index in [9.17, 15) is 9.59 Å². The third-order valence-electron chi connectivity index (χ3n) is 4.68. The zero-order valence-corrected chi connectivity index (χ0v) is 14.6. The normalized spacial score (nSPS) is 19.9. The lowest BCUT2D eigenvalue weighted by molar-refractivity contribution is -0.133. The minimum absolute atomic E-state index is 0.130. The van der Waals surface area contributed by atoms with Crippen molar-refractivity contribution in [2.45, 2.75) is 26.2 Å². The number of hydrogen-bond donors (Lipinski definition) is 0. The zero-order chi connectivity index (χ0) is 16.2. The Morgan fingerprint density at radius 2 is 1.65 bits per heavy atom. The molecule has 23 heavy (non-hydrogen) atoms.